The monoisotopic (exact) mass is 693 g/mol. The number of aromatic nitrogens is 2. The number of rotatable bonds is 9. The number of hydrogen-bond donors (Lipinski definition) is 0. The first-order valence-corrected chi connectivity index (χ1v) is 16.5. The summed E-state index contributed by atoms with van der Waals surface area (Å²) in [7, 11) is 7.01. The van der Waals surface area contributed by atoms with Gasteiger partial charge in [0.1, 0.15) is 5.69 Å². The van der Waals surface area contributed by atoms with Crippen LogP contribution in [0.3, 0.4) is 0 Å². The van der Waals surface area contributed by atoms with E-state index < -0.39 is 22.2 Å². The minimum absolute atomic E-state index is 0.264. The third-order valence-electron chi connectivity index (χ3n) is 7.72. The maximum absolute atomic E-state index is 13.3. The Morgan fingerprint density at radius 2 is 1.31 bits per heavy atom. The highest BCUT2D eigenvalue weighted by molar-refractivity contribution is 6.16. The molecule has 0 radical (unpaired) electrons. The van der Waals surface area contributed by atoms with Gasteiger partial charge in [0.2, 0.25) is 5.69 Å². The molecular weight excluding hydrogens is 654 g/mol. The van der Waals surface area contributed by atoms with Crippen molar-refractivity contribution in [3.8, 4) is 0 Å². The third-order valence-corrected chi connectivity index (χ3v) is 7.72. The first-order valence-electron chi connectivity index (χ1n) is 15.3. The van der Waals surface area contributed by atoms with E-state index in [1.165, 1.54) is 0 Å². The van der Waals surface area contributed by atoms with Crippen LogP contribution in [0, 0.1) is 10.2 Å². The smallest absolute Gasteiger partial charge is 0.404 e. The van der Waals surface area contributed by atoms with E-state index in [0.29, 0.717) is 11.4 Å². The molecule has 13 nitrogen and oxygen atoms in total. The van der Waals surface area contributed by atoms with Crippen LogP contribution in [0.25, 0.3) is 22.4 Å². The quantitative estimate of drug-likeness (QED) is 0.174. The predicted molar refractivity (Wildman–Crippen MR) is 176 cm³/mol. The van der Waals surface area contributed by atoms with Crippen LogP contribution in [-0.2, 0) is 14.3 Å². The van der Waals surface area contributed by atoms with Gasteiger partial charge in [-0.1, -0.05) is 12.1 Å². The standard InChI is InChI=1S/C35H40N5O4.ClHO4/c1-9-43-34(41)31-21-27(29-19-25(37(5)6)15-17-39(29)31)33(23-11-13-24(14-12-23)36(3)4)28-22-32(35(42)44-10-2)40-18-16-26(38(7)8)20-30(28)40;2-1(3,4)5/h11-22H,9-10H2,1-8H3;(H,2,3,4,5)/q+1;/p-1. The molecule has 0 aliphatic carbocycles. The Kier molecular flexibility index (Phi) is 11.4. The molecule has 260 valence electrons. The summed E-state index contributed by atoms with van der Waals surface area (Å²) in [4.78, 5) is 32.6. The number of halogens is 1. The van der Waals surface area contributed by atoms with Crippen molar-refractivity contribution in [3.05, 3.63) is 95.6 Å². The van der Waals surface area contributed by atoms with Gasteiger partial charge in [-0.25, -0.2) is 28.2 Å². The largest absolute Gasteiger partial charge is 0.461 e. The average molecular weight is 694 g/mol. The summed E-state index contributed by atoms with van der Waals surface area (Å²) in [5, 5.41) is 0. The SMILES string of the molecule is CCOC(=O)C1=CC(=C(c2ccc(N(C)C)cc2)c2cc(C(=O)OCC)n3ccc(N(C)C)cc23)c2cc(N(C)C)cc[n+]21.[O-][Cl+3]([O-])([O-])[O-]. The molecule has 0 amide bonds. The van der Waals surface area contributed by atoms with Crippen LogP contribution < -0.4 is 37.9 Å². The van der Waals surface area contributed by atoms with Gasteiger partial charge in [0.15, 0.2) is 6.20 Å². The molecule has 0 N–H and O–H groups in total. The van der Waals surface area contributed by atoms with E-state index in [0.717, 1.165) is 50.5 Å². The molecule has 14 heteroatoms. The molecule has 1 aliphatic rings. The van der Waals surface area contributed by atoms with E-state index in [1.54, 1.807) is 13.8 Å². The summed E-state index contributed by atoms with van der Waals surface area (Å²) in [5.74, 6) is -0.810. The van der Waals surface area contributed by atoms with Crippen molar-refractivity contribution in [1.82, 2.24) is 4.40 Å². The topological polar surface area (TPSA) is 163 Å². The zero-order valence-corrected chi connectivity index (χ0v) is 29.5. The van der Waals surface area contributed by atoms with Crippen LogP contribution in [0.1, 0.15) is 41.2 Å². The minimum atomic E-state index is -4.94. The Balaban J connectivity index is 0.00000101. The number of allylic oxidation sites excluding steroid dienone is 2. The normalized spacial score (nSPS) is 13.2. The number of pyridine rings is 2. The predicted octanol–water partition coefficient (Wildman–Crippen LogP) is 0.222. The number of esters is 2. The second-order valence-electron chi connectivity index (χ2n) is 11.6. The Morgan fingerprint density at radius 1 is 0.755 bits per heavy atom. The number of anilines is 3. The second-order valence-corrected chi connectivity index (χ2v) is 12.3. The van der Waals surface area contributed by atoms with E-state index >= 15 is 0 Å². The molecular formula is C35H40ClN5O8. The molecule has 4 aromatic rings. The molecule has 5 rings (SSSR count). The van der Waals surface area contributed by atoms with Gasteiger partial charge < -0.3 is 28.6 Å². The summed E-state index contributed by atoms with van der Waals surface area (Å²) in [5.41, 5.74) is 9.05. The van der Waals surface area contributed by atoms with Crippen molar-refractivity contribution in [1.29, 1.82) is 0 Å². The maximum atomic E-state index is 13.3. The van der Waals surface area contributed by atoms with Crippen molar-refractivity contribution in [2.24, 2.45) is 0 Å². The fourth-order valence-electron chi connectivity index (χ4n) is 5.44. The lowest BCUT2D eigenvalue weighted by Gasteiger charge is -2.17. The molecule has 1 aromatic carbocycles. The highest BCUT2D eigenvalue weighted by Gasteiger charge is 2.37. The molecule has 0 fully saturated rings. The number of hydrogen-bond acceptors (Lipinski definition) is 11. The third kappa shape index (κ3) is 8.39. The number of nitrogens with zero attached hydrogens (tertiary/aromatic N) is 5. The van der Waals surface area contributed by atoms with Gasteiger partial charge >= 0.3 is 11.9 Å². The zero-order valence-electron chi connectivity index (χ0n) is 28.7. The molecule has 0 unspecified atom stereocenters. The molecule has 1 aliphatic heterocycles. The van der Waals surface area contributed by atoms with Crippen LogP contribution >= 0.6 is 0 Å². The van der Waals surface area contributed by atoms with Crippen LogP contribution in [0.2, 0.25) is 0 Å². The first kappa shape index (κ1) is 36.9. The van der Waals surface area contributed by atoms with E-state index in [4.69, 9.17) is 28.1 Å². The zero-order chi connectivity index (χ0) is 36.2. The lowest BCUT2D eigenvalue weighted by atomic mass is 9.91. The summed E-state index contributed by atoms with van der Waals surface area (Å²) >= 11 is 0. The van der Waals surface area contributed by atoms with E-state index in [1.807, 2.05) is 97.7 Å². The molecule has 3 aromatic heterocycles. The van der Waals surface area contributed by atoms with E-state index in [-0.39, 0.29) is 13.2 Å². The van der Waals surface area contributed by atoms with Crippen LogP contribution in [0.5, 0.6) is 0 Å². The number of carbonyl (C=O) groups excluding carboxylic acids is 2. The van der Waals surface area contributed by atoms with Gasteiger partial charge in [0.25, 0.3) is 5.70 Å². The van der Waals surface area contributed by atoms with Gasteiger partial charge in [-0.3, -0.25) is 0 Å². The molecule has 0 saturated heterocycles. The van der Waals surface area contributed by atoms with Gasteiger partial charge in [-0.2, -0.15) is 4.57 Å². The molecule has 49 heavy (non-hydrogen) atoms. The van der Waals surface area contributed by atoms with Crippen molar-refractivity contribution in [2.45, 2.75) is 13.8 Å². The number of fused-ring (bicyclic) bond motifs is 2. The molecule has 4 heterocycles. The van der Waals surface area contributed by atoms with E-state index in [2.05, 4.69) is 41.3 Å². The number of ether oxygens (including phenoxy) is 2. The first-order chi connectivity index (χ1) is 23.0. The van der Waals surface area contributed by atoms with Crippen molar-refractivity contribution in [2.75, 3.05) is 70.2 Å². The van der Waals surface area contributed by atoms with Gasteiger partial charge in [0, 0.05) is 94.9 Å². The number of carbonyl (C=O) groups is 2. The number of benzene rings is 1. The Morgan fingerprint density at radius 3 is 1.86 bits per heavy atom. The molecule has 0 saturated carbocycles. The van der Waals surface area contributed by atoms with Crippen molar-refractivity contribution >= 4 is 51.4 Å². The summed E-state index contributed by atoms with van der Waals surface area (Å²) < 4.78 is 48.7. The van der Waals surface area contributed by atoms with Gasteiger partial charge in [-0.05, 0) is 49.7 Å². The summed E-state index contributed by atoms with van der Waals surface area (Å²) in [6.45, 7) is 4.13. The molecule has 0 spiro atoms. The summed E-state index contributed by atoms with van der Waals surface area (Å²) in [6, 6.07) is 18.3. The average Bonchev–Trinajstić information content (AvgIpc) is 3.60. The van der Waals surface area contributed by atoms with Gasteiger partial charge in [-0.15, -0.1) is 10.2 Å². The van der Waals surface area contributed by atoms with Crippen molar-refractivity contribution < 1.29 is 52.5 Å². The van der Waals surface area contributed by atoms with Gasteiger partial charge in [0.05, 0.1) is 24.3 Å². The molecule has 0 bridgehead atoms. The Bertz CT molecular complexity index is 1900. The maximum Gasteiger partial charge on any atom is 0.404 e. The second kappa shape index (κ2) is 15.1. The van der Waals surface area contributed by atoms with Crippen LogP contribution in [-0.4, -0.2) is 71.8 Å². The van der Waals surface area contributed by atoms with E-state index in [9.17, 15) is 9.59 Å². The molecule has 0 atom stereocenters. The minimum Gasteiger partial charge on any atom is -0.461 e. The summed E-state index contributed by atoms with van der Waals surface area (Å²) in [6.07, 6.45) is 5.70. The fourth-order valence-corrected chi connectivity index (χ4v) is 5.44. The van der Waals surface area contributed by atoms with Crippen molar-refractivity contribution in [3.63, 3.8) is 0 Å². The fraction of sp³-hybridized carbons (Fsp3) is 0.286. The van der Waals surface area contributed by atoms with Crippen LogP contribution in [0.4, 0.5) is 17.1 Å². The Labute approximate surface area is 287 Å². The highest BCUT2D eigenvalue weighted by atomic mass is 35.7. The lowest BCUT2D eigenvalue weighted by Crippen LogP contribution is -2.68. The van der Waals surface area contributed by atoms with Crippen LogP contribution in [0.15, 0.2) is 73.1 Å². The Hall–Kier alpha value is -4.92. The highest BCUT2D eigenvalue weighted by Crippen LogP contribution is 2.40. The lowest BCUT2D eigenvalue weighted by molar-refractivity contribution is -2.00.